The largest absolute Gasteiger partial charge is 0.447 e. The number of ether oxygens (including phenoxy) is 1. The van der Waals surface area contributed by atoms with E-state index in [9.17, 15) is 4.79 Å². The molecule has 0 spiro atoms. The molecule has 0 bridgehead atoms. The second-order valence-electron chi connectivity index (χ2n) is 7.46. The number of carbonyl (C=O) groups excluding carboxylic acids is 1. The van der Waals surface area contributed by atoms with Crippen molar-refractivity contribution in [2.24, 2.45) is 0 Å². The molecule has 2 heterocycles. The van der Waals surface area contributed by atoms with Gasteiger partial charge < -0.3 is 4.74 Å². The lowest BCUT2D eigenvalue weighted by Crippen LogP contribution is -2.38. The van der Waals surface area contributed by atoms with Crippen LogP contribution < -0.4 is 9.64 Å². The molecule has 1 aliphatic rings. The fourth-order valence-corrected chi connectivity index (χ4v) is 4.20. The SMILES string of the molecule is CCCC(=O)N1c2ccc(Cl)cc2-c2nnc(SC)nc2O[C@H]1c1ccc(C)cc1C. The lowest BCUT2D eigenvalue weighted by molar-refractivity contribution is -0.120. The standard InChI is InChI=1S/C23H23ClN4O2S/c1-5-6-19(29)28-18-10-8-15(24)12-17(18)20-21(25-23(31-4)27-26-20)30-22(28)16-9-7-13(2)11-14(16)3/h7-12,22H,5-6H2,1-4H3/t22-/m0/s1. The van der Waals surface area contributed by atoms with Gasteiger partial charge in [-0.25, -0.2) is 0 Å². The first kappa shape index (κ1) is 21.6. The van der Waals surface area contributed by atoms with Gasteiger partial charge in [-0.05, 0) is 50.3 Å². The van der Waals surface area contributed by atoms with E-state index in [1.165, 1.54) is 11.8 Å². The van der Waals surface area contributed by atoms with Gasteiger partial charge in [-0.3, -0.25) is 9.69 Å². The zero-order valence-electron chi connectivity index (χ0n) is 17.8. The van der Waals surface area contributed by atoms with Crippen molar-refractivity contribution >= 4 is 35.0 Å². The maximum atomic E-state index is 13.4. The summed E-state index contributed by atoms with van der Waals surface area (Å²) in [5.74, 6) is 0.293. The van der Waals surface area contributed by atoms with Crippen LogP contribution in [0.1, 0.15) is 42.7 Å². The topological polar surface area (TPSA) is 68.2 Å². The highest BCUT2D eigenvalue weighted by atomic mass is 35.5. The summed E-state index contributed by atoms with van der Waals surface area (Å²) in [5, 5.41) is 9.60. The van der Waals surface area contributed by atoms with Crippen molar-refractivity contribution in [3.8, 4) is 17.1 Å². The van der Waals surface area contributed by atoms with Gasteiger partial charge in [-0.1, -0.05) is 54.0 Å². The smallest absolute Gasteiger partial charge is 0.247 e. The van der Waals surface area contributed by atoms with Crippen LogP contribution in [0.4, 0.5) is 5.69 Å². The predicted octanol–water partition coefficient (Wildman–Crippen LogP) is 5.76. The maximum absolute atomic E-state index is 13.4. The van der Waals surface area contributed by atoms with E-state index in [1.807, 2.05) is 45.2 Å². The fraction of sp³-hybridized carbons (Fsp3) is 0.304. The minimum atomic E-state index is -0.688. The molecule has 8 heteroatoms. The van der Waals surface area contributed by atoms with Crippen LogP contribution in [-0.4, -0.2) is 27.3 Å². The minimum Gasteiger partial charge on any atom is -0.447 e. The normalized spacial score (nSPS) is 15.0. The van der Waals surface area contributed by atoms with Gasteiger partial charge in [0.1, 0.15) is 0 Å². The summed E-state index contributed by atoms with van der Waals surface area (Å²) >= 11 is 7.70. The summed E-state index contributed by atoms with van der Waals surface area (Å²) in [6.07, 6.45) is 2.30. The maximum Gasteiger partial charge on any atom is 0.247 e. The Morgan fingerprint density at radius 3 is 2.71 bits per heavy atom. The molecule has 31 heavy (non-hydrogen) atoms. The van der Waals surface area contributed by atoms with Crippen LogP contribution in [0.5, 0.6) is 5.88 Å². The number of aryl methyl sites for hydroxylation is 2. The molecule has 1 amide bonds. The Hall–Kier alpha value is -2.64. The second kappa shape index (κ2) is 8.85. The molecule has 2 aromatic carbocycles. The van der Waals surface area contributed by atoms with E-state index in [1.54, 1.807) is 17.0 Å². The molecule has 0 saturated carbocycles. The first-order valence-electron chi connectivity index (χ1n) is 10.1. The first-order chi connectivity index (χ1) is 14.9. The zero-order chi connectivity index (χ0) is 22.1. The van der Waals surface area contributed by atoms with Crippen molar-refractivity contribution < 1.29 is 9.53 Å². The monoisotopic (exact) mass is 454 g/mol. The number of benzene rings is 2. The summed E-state index contributed by atoms with van der Waals surface area (Å²) in [6, 6.07) is 11.5. The number of halogens is 1. The van der Waals surface area contributed by atoms with E-state index in [4.69, 9.17) is 16.3 Å². The number of hydrogen-bond donors (Lipinski definition) is 0. The van der Waals surface area contributed by atoms with Crippen LogP contribution in [0, 0.1) is 13.8 Å². The van der Waals surface area contributed by atoms with Crippen LogP contribution >= 0.6 is 23.4 Å². The summed E-state index contributed by atoms with van der Waals surface area (Å²) in [5.41, 5.74) is 4.89. The summed E-state index contributed by atoms with van der Waals surface area (Å²) in [6.45, 7) is 6.05. The molecule has 4 rings (SSSR count). The van der Waals surface area contributed by atoms with Gasteiger partial charge in [0, 0.05) is 22.6 Å². The van der Waals surface area contributed by atoms with Crippen LogP contribution in [0.3, 0.4) is 0 Å². The first-order valence-corrected chi connectivity index (χ1v) is 11.7. The summed E-state index contributed by atoms with van der Waals surface area (Å²) in [4.78, 5) is 19.7. The van der Waals surface area contributed by atoms with Crippen LogP contribution in [0.25, 0.3) is 11.3 Å². The molecule has 1 aromatic heterocycles. The van der Waals surface area contributed by atoms with Crippen molar-refractivity contribution in [1.29, 1.82) is 0 Å². The third kappa shape index (κ3) is 4.12. The van der Waals surface area contributed by atoms with Gasteiger partial charge in [0.05, 0.1) is 5.69 Å². The number of amides is 1. The van der Waals surface area contributed by atoms with Crippen LogP contribution in [-0.2, 0) is 4.79 Å². The molecule has 1 atom stereocenters. The molecule has 0 fully saturated rings. The Bertz CT molecular complexity index is 1150. The number of carbonyl (C=O) groups is 1. The van der Waals surface area contributed by atoms with E-state index in [0.29, 0.717) is 39.4 Å². The van der Waals surface area contributed by atoms with E-state index in [0.717, 1.165) is 23.1 Å². The number of thioether (sulfide) groups is 1. The average Bonchev–Trinajstić information content (AvgIpc) is 2.87. The van der Waals surface area contributed by atoms with Crippen LogP contribution in [0.2, 0.25) is 5.02 Å². The average molecular weight is 455 g/mol. The Labute approximate surface area is 191 Å². The Balaban J connectivity index is 2.00. The molecule has 6 nitrogen and oxygen atoms in total. The Kier molecular flexibility index (Phi) is 6.16. The number of rotatable bonds is 4. The van der Waals surface area contributed by atoms with Crippen molar-refractivity contribution in [2.45, 2.75) is 45.0 Å². The van der Waals surface area contributed by atoms with E-state index >= 15 is 0 Å². The number of anilines is 1. The Morgan fingerprint density at radius 2 is 2.00 bits per heavy atom. The number of nitrogens with zero attached hydrogens (tertiary/aromatic N) is 4. The van der Waals surface area contributed by atoms with Crippen molar-refractivity contribution in [1.82, 2.24) is 15.2 Å². The highest BCUT2D eigenvalue weighted by Crippen LogP contribution is 2.45. The molecule has 0 unspecified atom stereocenters. The predicted molar refractivity (Wildman–Crippen MR) is 124 cm³/mol. The molecule has 0 aliphatic carbocycles. The molecule has 0 radical (unpaired) electrons. The number of hydrogen-bond acceptors (Lipinski definition) is 6. The quantitative estimate of drug-likeness (QED) is 0.467. The molecule has 160 valence electrons. The van der Waals surface area contributed by atoms with Gasteiger partial charge in [0.2, 0.25) is 23.2 Å². The summed E-state index contributed by atoms with van der Waals surface area (Å²) in [7, 11) is 0. The number of aromatic nitrogens is 3. The minimum absolute atomic E-state index is 0.0399. The Morgan fingerprint density at radius 1 is 1.19 bits per heavy atom. The second-order valence-corrected chi connectivity index (χ2v) is 8.67. The molecular formula is C23H23ClN4O2S. The fourth-order valence-electron chi connectivity index (χ4n) is 3.73. The van der Waals surface area contributed by atoms with Gasteiger partial charge >= 0.3 is 0 Å². The van der Waals surface area contributed by atoms with Gasteiger partial charge in [0.15, 0.2) is 5.69 Å². The van der Waals surface area contributed by atoms with Crippen molar-refractivity contribution in [2.75, 3.05) is 11.2 Å². The lowest BCUT2D eigenvalue weighted by Gasteiger charge is -2.32. The summed E-state index contributed by atoms with van der Waals surface area (Å²) < 4.78 is 6.44. The highest BCUT2D eigenvalue weighted by molar-refractivity contribution is 7.98. The van der Waals surface area contributed by atoms with Gasteiger partial charge in [0.25, 0.3) is 0 Å². The third-order valence-corrected chi connectivity index (χ3v) is 5.95. The van der Waals surface area contributed by atoms with Crippen LogP contribution in [0.15, 0.2) is 41.6 Å². The molecule has 3 aromatic rings. The van der Waals surface area contributed by atoms with Gasteiger partial charge in [-0.2, -0.15) is 4.98 Å². The highest BCUT2D eigenvalue weighted by Gasteiger charge is 2.36. The van der Waals surface area contributed by atoms with Crippen molar-refractivity contribution in [3.05, 3.63) is 58.1 Å². The van der Waals surface area contributed by atoms with E-state index in [2.05, 4.69) is 21.2 Å². The zero-order valence-corrected chi connectivity index (χ0v) is 19.4. The molecular weight excluding hydrogens is 432 g/mol. The van der Waals surface area contributed by atoms with Gasteiger partial charge in [-0.15, -0.1) is 10.2 Å². The lowest BCUT2D eigenvalue weighted by atomic mass is 10.0. The molecule has 1 aliphatic heterocycles. The third-order valence-electron chi connectivity index (χ3n) is 5.17. The molecule has 0 N–H and O–H groups in total. The van der Waals surface area contributed by atoms with E-state index in [-0.39, 0.29) is 5.91 Å². The van der Waals surface area contributed by atoms with E-state index < -0.39 is 6.23 Å². The number of fused-ring (bicyclic) bond motifs is 3. The molecule has 0 saturated heterocycles. The van der Waals surface area contributed by atoms with Crippen molar-refractivity contribution in [3.63, 3.8) is 0 Å².